The lowest BCUT2D eigenvalue weighted by Gasteiger charge is -2.16. The van der Waals surface area contributed by atoms with E-state index < -0.39 is 0 Å². The number of hydrogen-bond donors (Lipinski definition) is 2. The molecule has 1 aromatic rings. The quantitative estimate of drug-likeness (QED) is 0.831. The Balaban J connectivity index is 1.96. The van der Waals surface area contributed by atoms with E-state index in [1.807, 2.05) is 12.1 Å². The Hall–Kier alpha value is -1.42. The van der Waals surface area contributed by atoms with Crippen LogP contribution in [0.2, 0.25) is 0 Å². The number of hydrogen-bond acceptors (Lipinski definition) is 2. The minimum atomic E-state index is -0.0443. The molecule has 0 aromatic heterocycles. The third-order valence-corrected chi connectivity index (χ3v) is 4.21. The highest BCUT2D eigenvalue weighted by Crippen LogP contribution is 2.30. The molecule has 1 saturated carbocycles. The molecule has 3 nitrogen and oxygen atoms in total. The zero-order chi connectivity index (χ0) is 13.8. The number of nitrogens with two attached hydrogens (primary N) is 1. The average Bonchev–Trinajstić information content (AvgIpc) is 2.81. The zero-order valence-corrected chi connectivity index (χ0v) is 12.0. The summed E-state index contributed by atoms with van der Waals surface area (Å²) in [4.78, 5) is 12.4. The van der Waals surface area contributed by atoms with Crippen LogP contribution in [0.1, 0.15) is 42.1 Å². The van der Waals surface area contributed by atoms with E-state index in [0.29, 0.717) is 22.4 Å². The van der Waals surface area contributed by atoms with E-state index >= 15 is 0 Å². The second-order valence-corrected chi connectivity index (χ2v) is 5.76. The van der Waals surface area contributed by atoms with Crippen molar-refractivity contribution in [2.75, 3.05) is 6.54 Å². The summed E-state index contributed by atoms with van der Waals surface area (Å²) in [7, 11) is 0. The molecule has 19 heavy (non-hydrogen) atoms. The summed E-state index contributed by atoms with van der Waals surface area (Å²) in [6, 6.07) is 7.16. The van der Waals surface area contributed by atoms with Gasteiger partial charge in [0.15, 0.2) is 0 Å². The molecule has 0 saturated heterocycles. The molecule has 1 aromatic carbocycles. The van der Waals surface area contributed by atoms with E-state index in [1.54, 1.807) is 12.1 Å². The maximum atomic E-state index is 12.1. The fraction of sp³-hybridized carbons (Fsp3) is 0.467. The van der Waals surface area contributed by atoms with Crippen molar-refractivity contribution >= 4 is 23.1 Å². The number of amides is 1. The summed E-state index contributed by atoms with van der Waals surface area (Å²) in [6.07, 6.45) is 3.77. The predicted octanol–water partition coefficient (Wildman–Crippen LogP) is 2.49. The van der Waals surface area contributed by atoms with Crippen LogP contribution >= 0.6 is 12.2 Å². The summed E-state index contributed by atoms with van der Waals surface area (Å²) in [5, 5.41) is 3.01. The second-order valence-electron chi connectivity index (χ2n) is 5.32. The smallest absolute Gasteiger partial charge is 0.251 e. The molecule has 0 aliphatic heterocycles. The van der Waals surface area contributed by atoms with Gasteiger partial charge in [0.05, 0.1) is 0 Å². The van der Waals surface area contributed by atoms with Gasteiger partial charge in [-0.2, -0.15) is 0 Å². The fourth-order valence-corrected chi connectivity index (χ4v) is 2.79. The maximum Gasteiger partial charge on any atom is 0.251 e. The van der Waals surface area contributed by atoms with Gasteiger partial charge in [-0.25, -0.2) is 0 Å². The van der Waals surface area contributed by atoms with Crippen molar-refractivity contribution < 1.29 is 4.79 Å². The predicted molar refractivity (Wildman–Crippen MR) is 81.2 cm³/mol. The van der Waals surface area contributed by atoms with Gasteiger partial charge in [0, 0.05) is 17.7 Å². The summed E-state index contributed by atoms with van der Waals surface area (Å²) < 4.78 is 0. The van der Waals surface area contributed by atoms with Crippen LogP contribution in [0.25, 0.3) is 0 Å². The number of thiocarbonyl (C=S) groups is 1. The maximum absolute atomic E-state index is 12.1. The van der Waals surface area contributed by atoms with Crippen molar-refractivity contribution in [3.8, 4) is 0 Å². The highest BCUT2D eigenvalue weighted by atomic mass is 32.1. The van der Waals surface area contributed by atoms with Gasteiger partial charge in [-0.05, 0) is 30.4 Å². The van der Waals surface area contributed by atoms with Gasteiger partial charge < -0.3 is 11.1 Å². The molecule has 1 aliphatic rings. The number of carbonyl (C=O) groups is 1. The Morgan fingerprint density at radius 1 is 1.42 bits per heavy atom. The standard InChI is InChI=1S/C15H20N2OS/c1-10-4-2-7-13(10)9-17-15(18)12-6-3-5-11(8-12)14(16)19/h3,5-6,8,10,13H,2,4,7,9H2,1H3,(H2,16,19)(H,17,18). The van der Waals surface area contributed by atoms with Gasteiger partial charge in [0.25, 0.3) is 5.91 Å². The Morgan fingerprint density at radius 3 is 2.79 bits per heavy atom. The third-order valence-electron chi connectivity index (χ3n) is 3.97. The SMILES string of the molecule is CC1CCCC1CNC(=O)c1cccc(C(N)=S)c1. The molecule has 4 heteroatoms. The van der Waals surface area contributed by atoms with Crippen molar-refractivity contribution in [3.05, 3.63) is 35.4 Å². The number of benzene rings is 1. The van der Waals surface area contributed by atoms with Gasteiger partial charge >= 0.3 is 0 Å². The van der Waals surface area contributed by atoms with Crippen LogP contribution in [0.4, 0.5) is 0 Å². The first-order valence-corrected chi connectivity index (χ1v) is 7.17. The van der Waals surface area contributed by atoms with E-state index in [-0.39, 0.29) is 5.91 Å². The first-order chi connectivity index (χ1) is 9.08. The molecule has 0 radical (unpaired) electrons. The molecule has 3 N–H and O–H groups in total. The Kier molecular flexibility index (Phi) is 4.53. The van der Waals surface area contributed by atoms with Crippen LogP contribution in [0.15, 0.2) is 24.3 Å². The third kappa shape index (κ3) is 3.53. The summed E-state index contributed by atoms with van der Waals surface area (Å²) >= 11 is 4.92. The lowest BCUT2D eigenvalue weighted by molar-refractivity contribution is 0.0944. The van der Waals surface area contributed by atoms with Crippen LogP contribution in [0.3, 0.4) is 0 Å². The first-order valence-electron chi connectivity index (χ1n) is 6.76. The Morgan fingerprint density at radius 2 is 2.16 bits per heavy atom. The molecule has 0 heterocycles. The topological polar surface area (TPSA) is 55.1 Å². The molecular formula is C15H20N2OS. The monoisotopic (exact) mass is 276 g/mol. The molecule has 102 valence electrons. The highest BCUT2D eigenvalue weighted by molar-refractivity contribution is 7.80. The van der Waals surface area contributed by atoms with Gasteiger partial charge in [0.2, 0.25) is 0 Å². The van der Waals surface area contributed by atoms with Gasteiger partial charge in [-0.1, -0.05) is 44.1 Å². The van der Waals surface area contributed by atoms with Crippen molar-refractivity contribution in [3.63, 3.8) is 0 Å². The van der Waals surface area contributed by atoms with Crippen LogP contribution in [-0.2, 0) is 0 Å². The van der Waals surface area contributed by atoms with E-state index in [2.05, 4.69) is 12.2 Å². The molecule has 1 fully saturated rings. The number of rotatable bonds is 4. The molecule has 2 rings (SSSR count). The van der Waals surface area contributed by atoms with Gasteiger partial charge in [-0.15, -0.1) is 0 Å². The minimum Gasteiger partial charge on any atom is -0.389 e. The molecule has 2 unspecified atom stereocenters. The van der Waals surface area contributed by atoms with Crippen molar-refractivity contribution in [1.82, 2.24) is 5.32 Å². The average molecular weight is 276 g/mol. The normalized spacial score (nSPS) is 22.2. The zero-order valence-electron chi connectivity index (χ0n) is 11.2. The Bertz CT molecular complexity index is 487. The van der Waals surface area contributed by atoms with E-state index in [9.17, 15) is 4.79 Å². The Labute approximate surface area is 119 Å². The fourth-order valence-electron chi connectivity index (χ4n) is 2.67. The number of carbonyl (C=O) groups excluding carboxylic acids is 1. The van der Waals surface area contributed by atoms with Crippen LogP contribution < -0.4 is 11.1 Å². The summed E-state index contributed by atoms with van der Waals surface area (Å²) in [5.41, 5.74) is 6.93. The van der Waals surface area contributed by atoms with Gasteiger partial charge in [-0.3, -0.25) is 4.79 Å². The molecule has 2 atom stereocenters. The minimum absolute atomic E-state index is 0.0443. The lowest BCUT2D eigenvalue weighted by atomic mass is 9.98. The lowest BCUT2D eigenvalue weighted by Crippen LogP contribution is -2.30. The highest BCUT2D eigenvalue weighted by Gasteiger charge is 2.23. The molecule has 0 spiro atoms. The first kappa shape index (κ1) is 14.0. The van der Waals surface area contributed by atoms with Crippen molar-refractivity contribution in [2.45, 2.75) is 26.2 Å². The van der Waals surface area contributed by atoms with Crippen LogP contribution in [0.5, 0.6) is 0 Å². The van der Waals surface area contributed by atoms with E-state index in [0.717, 1.165) is 12.1 Å². The summed E-state index contributed by atoms with van der Waals surface area (Å²) in [6.45, 7) is 3.02. The molecule has 0 bridgehead atoms. The molecule has 1 amide bonds. The van der Waals surface area contributed by atoms with E-state index in [4.69, 9.17) is 18.0 Å². The summed E-state index contributed by atoms with van der Waals surface area (Å²) in [5.74, 6) is 1.28. The van der Waals surface area contributed by atoms with Crippen molar-refractivity contribution in [2.24, 2.45) is 17.6 Å². The largest absolute Gasteiger partial charge is 0.389 e. The van der Waals surface area contributed by atoms with Crippen molar-refractivity contribution in [1.29, 1.82) is 0 Å². The van der Waals surface area contributed by atoms with Gasteiger partial charge in [0.1, 0.15) is 4.99 Å². The van der Waals surface area contributed by atoms with Crippen LogP contribution in [0, 0.1) is 11.8 Å². The van der Waals surface area contributed by atoms with Crippen LogP contribution in [-0.4, -0.2) is 17.4 Å². The second kappa shape index (κ2) is 6.15. The number of nitrogens with one attached hydrogen (secondary N) is 1. The molecular weight excluding hydrogens is 256 g/mol. The van der Waals surface area contributed by atoms with E-state index in [1.165, 1.54) is 19.3 Å². The molecule has 1 aliphatic carbocycles.